The minimum Gasteiger partial charge on any atom is -0.462 e. The first-order valence-electron chi connectivity index (χ1n) is 11.1. The number of esters is 1. The van der Waals surface area contributed by atoms with Gasteiger partial charge < -0.3 is 10.1 Å². The lowest BCUT2D eigenvalue weighted by Crippen LogP contribution is -2.42. The molecule has 4 aromatic rings. The van der Waals surface area contributed by atoms with Crippen LogP contribution in [0.25, 0.3) is 16.7 Å². The monoisotopic (exact) mass is 472 g/mol. The largest absolute Gasteiger partial charge is 0.462 e. The van der Waals surface area contributed by atoms with Crippen molar-refractivity contribution in [1.29, 1.82) is 0 Å². The molecule has 0 spiro atoms. The lowest BCUT2D eigenvalue weighted by Gasteiger charge is -2.15. The van der Waals surface area contributed by atoms with Gasteiger partial charge in [0.2, 0.25) is 5.91 Å². The number of aryl methyl sites for hydroxylation is 2. The number of benzene rings is 2. The zero-order valence-electron chi connectivity index (χ0n) is 19.6. The number of hydrogen-bond acceptors (Lipinski definition) is 6. The van der Waals surface area contributed by atoms with Gasteiger partial charge in [-0.05, 0) is 68.8 Å². The molecule has 2 heterocycles. The van der Waals surface area contributed by atoms with Gasteiger partial charge in [-0.2, -0.15) is 0 Å². The molecule has 9 nitrogen and oxygen atoms in total. The Labute approximate surface area is 200 Å². The molecule has 4 rings (SSSR count). The zero-order valence-corrected chi connectivity index (χ0v) is 19.6. The minimum absolute atomic E-state index is 0.245. The Bertz CT molecular complexity index is 1540. The fourth-order valence-electron chi connectivity index (χ4n) is 3.87. The van der Waals surface area contributed by atoms with Gasteiger partial charge >= 0.3 is 11.7 Å². The van der Waals surface area contributed by atoms with Crippen molar-refractivity contribution in [3.05, 3.63) is 98.3 Å². The van der Waals surface area contributed by atoms with Gasteiger partial charge in [0.05, 0.1) is 23.2 Å². The second-order valence-corrected chi connectivity index (χ2v) is 7.97. The highest BCUT2D eigenvalue weighted by atomic mass is 16.5. The third-order valence-electron chi connectivity index (χ3n) is 5.41. The van der Waals surface area contributed by atoms with Crippen molar-refractivity contribution in [3.8, 4) is 5.69 Å². The van der Waals surface area contributed by atoms with E-state index in [-0.39, 0.29) is 17.6 Å². The molecule has 2 aromatic heterocycles. The van der Waals surface area contributed by atoms with E-state index in [2.05, 4.69) is 10.3 Å². The molecule has 2 aromatic carbocycles. The van der Waals surface area contributed by atoms with Crippen LogP contribution in [0.15, 0.2) is 70.3 Å². The van der Waals surface area contributed by atoms with Crippen LogP contribution < -0.4 is 16.6 Å². The summed E-state index contributed by atoms with van der Waals surface area (Å²) in [5.74, 6) is -1.03. The number of pyridine rings is 1. The van der Waals surface area contributed by atoms with Crippen molar-refractivity contribution in [3.63, 3.8) is 0 Å². The molecule has 0 unspecified atom stereocenters. The number of amides is 1. The van der Waals surface area contributed by atoms with E-state index in [0.29, 0.717) is 28.2 Å². The second kappa shape index (κ2) is 9.76. The van der Waals surface area contributed by atoms with E-state index in [9.17, 15) is 19.2 Å². The predicted molar refractivity (Wildman–Crippen MR) is 132 cm³/mol. The molecule has 9 heteroatoms. The Morgan fingerprint density at radius 1 is 1.00 bits per heavy atom. The number of ether oxygens (including phenoxy) is 1. The van der Waals surface area contributed by atoms with Crippen LogP contribution in [0, 0.1) is 13.8 Å². The lowest BCUT2D eigenvalue weighted by molar-refractivity contribution is -0.116. The van der Waals surface area contributed by atoms with E-state index in [1.807, 2.05) is 6.07 Å². The lowest BCUT2D eigenvalue weighted by atomic mass is 10.1. The van der Waals surface area contributed by atoms with Crippen LogP contribution in [0.2, 0.25) is 0 Å². The quantitative estimate of drug-likeness (QED) is 0.432. The van der Waals surface area contributed by atoms with Crippen molar-refractivity contribution in [1.82, 2.24) is 14.1 Å². The molecule has 35 heavy (non-hydrogen) atoms. The van der Waals surface area contributed by atoms with E-state index in [4.69, 9.17) is 4.74 Å². The van der Waals surface area contributed by atoms with Gasteiger partial charge in [0.25, 0.3) is 5.56 Å². The third kappa shape index (κ3) is 4.74. The van der Waals surface area contributed by atoms with E-state index in [0.717, 1.165) is 4.57 Å². The van der Waals surface area contributed by atoms with Crippen LogP contribution in [0.4, 0.5) is 5.69 Å². The van der Waals surface area contributed by atoms with Gasteiger partial charge in [-0.25, -0.2) is 23.7 Å². The summed E-state index contributed by atoms with van der Waals surface area (Å²) < 4.78 is 7.20. The Hall–Kier alpha value is -4.53. The van der Waals surface area contributed by atoms with E-state index in [1.54, 1.807) is 63.2 Å². The van der Waals surface area contributed by atoms with Crippen LogP contribution in [0.3, 0.4) is 0 Å². The first-order valence-corrected chi connectivity index (χ1v) is 11.1. The molecule has 0 aliphatic carbocycles. The first-order chi connectivity index (χ1) is 16.8. The number of fused-ring (bicyclic) bond motifs is 1. The predicted octanol–water partition coefficient (Wildman–Crippen LogP) is 2.98. The first kappa shape index (κ1) is 23.6. The number of carbonyl (C=O) groups excluding carboxylic acids is 2. The van der Waals surface area contributed by atoms with Crippen LogP contribution in [0.1, 0.15) is 28.5 Å². The van der Waals surface area contributed by atoms with Gasteiger partial charge in [0.15, 0.2) is 5.65 Å². The van der Waals surface area contributed by atoms with E-state index in [1.165, 1.54) is 16.7 Å². The molecule has 0 atom stereocenters. The molecule has 1 N–H and O–H groups in total. The zero-order chi connectivity index (χ0) is 25.1. The molecular formula is C26H24N4O5. The van der Waals surface area contributed by atoms with Crippen molar-refractivity contribution < 1.29 is 14.3 Å². The summed E-state index contributed by atoms with van der Waals surface area (Å²) in [6, 6.07) is 16.7. The molecule has 178 valence electrons. The summed E-state index contributed by atoms with van der Waals surface area (Å²) in [6.07, 6.45) is 0. The van der Waals surface area contributed by atoms with Crippen molar-refractivity contribution in [2.45, 2.75) is 27.3 Å². The molecular weight excluding hydrogens is 448 g/mol. The summed E-state index contributed by atoms with van der Waals surface area (Å²) in [4.78, 5) is 55.8. The highest BCUT2D eigenvalue weighted by Crippen LogP contribution is 2.17. The van der Waals surface area contributed by atoms with E-state index >= 15 is 0 Å². The maximum Gasteiger partial charge on any atom is 0.338 e. The van der Waals surface area contributed by atoms with Gasteiger partial charge in [-0.15, -0.1) is 0 Å². The van der Waals surface area contributed by atoms with Crippen molar-refractivity contribution in [2.24, 2.45) is 0 Å². The number of para-hydroxylation sites is 1. The van der Waals surface area contributed by atoms with Crippen LogP contribution in [-0.2, 0) is 16.1 Å². The number of nitrogens with one attached hydrogen (secondary N) is 1. The fourth-order valence-corrected chi connectivity index (χ4v) is 3.87. The van der Waals surface area contributed by atoms with Gasteiger partial charge in [0, 0.05) is 11.4 Å². The Morgan fingerprint density at radius 3 is 2.34 bits per heavy atom. The second-order valence-electron chi connectivity index (χ2n) is 7.97. The highest BCUT2D eigenvalue weighted by Gasteiger charge is 2.19. The van der Waals surface area contributed by atoms with Crippen LogP contribution in [-0.4, -0.2) is 32.6 Å². The summed E-state index contributed by atoms with van der Waals surface area (Å²) >= 11 is 0. The Kier molecular flexibility index (Phi) is 6.59. The summed E-state index contributed by atoms with van der Waals surface area (Å²) in [5.41, 5.74) is 1.60. The molecule has 0 aliphatic heterocycles. The minimum atomic E-state index is -0.668. The molecule has 0 aliphatic rings. The normalized spacial score (nSPS) is 10.8. The molecule has 0 radical (unpaired) electrons. The Morgan fingerprint density at radius 2 is 1.69 bits per heavy atom. The smallest absolute Gasteiger partial charge is 0.338 e. The van der Waals surface area contributed by atoms with E-state index < -0.39 is 29.7 Å². The number of anilines is 1. The van der Waals surface area contributed by atoms with Crippen molar-refractivity contribution in [2.75, 3.05) is 11.9 Å². The maximum absolute atomic E-state index is 13.5. The fraction of sp³-hybridized carbons (Fsp3) is 0.192. The Balaban J connectivity index is 1.73. The number of hydrogen-bond donors (Lipinski definition) is 1. The average molecular weight is 473 g/mol. The number of rotatable bonds is 6. The summed E-state index contributed by atoms with van der Waals surface area (Å²) in [5, 5.41) is 2.93. The number of aromatic nitrogens is 3. The highest BCUT2D eigenvalue weighted by molar-refractivity contribution is 5.93. The van der Waals surface area contributed by atoms with Crippen LogP contribution in [0.5, 0.6) is 0 Å². The number of nitrogens with zero attached hydrogens (tertiary/aromatic N) is 3. The molecule has 0 saturated carbocycles. The summed E-state index contributed by atoms with van der Waals surface area (Å²) in [7, 11) is 0. The topological polar surface area (TPSA) is 112 Å². The van der Waals surface area contributed by atoms with Gasteiger partial charge in [-0.3, -0.25) is 9.59 Å². The molecule has 1 amide bonds. The molecule has 0 bridgehead atoms. The third-order valence-corrected chi connectivity index (χ3v) is 5.41. The number of carbonyl (C=O) groups is 2. The molecule has 0 saturated heterocycles. The van der Waals surface area contributed by atoms with Gasteiger partial charge in [-0.1, -0.05) is 18.2 Å². The molecule has 0 fully saturated rings. The maximum atomic E-state index is 13.5. The van der Waals surface area contributed by atoms with Crippen molar-refractivity contribution >= 4 is 28.6 Å². The van der Waals surface area contributed by atoms with Gasteiger partial charge in [0.1, 0.15) is 6.54 Å². The average Bonchev–Trinajstić information content (AvgIpc) is 2.82. The summed E-state index contributed by atoms with van der Waals surface area (Å²) in [6.45, 7) is 5.04. The van der Waals surface area contributed by atoms with Crippen LogP contribution >= 0.6 is 0 Å². The standard InChI is InChI=1S/C26H24N4O5/c1-4-35-25(33)18-10-12-19(13-11-18)28-21(31)15-29-24(32)22-16(2)14-17(3)27-23(22)30(26(29)34)20-8-6-5-7-9-20/h5-14H,4,15H2,1-3H3,(H,28,31). The SMILES string of the molecule is CCOC(=O)c1ccc(NC(=O)Cn2c(=O)c3c(C)cc(C)nc3n(-c3ccccc3)c2=O)cc1.